The highest BCUT2D eigenvalue weighted by Gasteiger charge is 2.20. The molecular weight excluding hydrogens is 419 g/mol. The lowest BCUT2D eigenvalue weighted by atomic mass is 10.2. The molecule has 0 radical (unpaired) electrons. The summed E-state index contributed by atoms with van der Waals surface area (Å²) in [6.07, 6.45) is 0. The SMILES string of the molecule is O=C(COC(=O)c1c(Cl)ccc(Cl)c1Cl)Nc1c(Cl)cccc1Cl. The van der Waals surface area contributed by atoms with Gasteiger partial charge >= 0.3 is 5.97 Å². The van der Waals surface area contributed by atoms with E-state index in [1.807, 2.05) is 0 Å². The van der Waals surface area contributed by atoms with Crippen molar-refractivity contribution in [3.8, 4) is 0 Å². The van der Waals surface area contributed by atoms with Gasteiger partial charge in [-0.05, 0) is 24.3 Å². The van der Waals surface area contributed by atoms with E-state index in [1.54, 1.807) is 18.2 Å². The fraction of sp³-hybridized carbons (Fsp3) is 0.0667. The quantitative estimate of drug-likeness (QED) is 0.499. The van der Waals surface area contributed by atoms with Gasteiger partial charge in [-0.1, -0.05) is 64.1 Å². The second kappa shape index (κ2) is 8.28. The molecule has 9 heteroatoms. The highest BCUT2D eigenvalue weighted by Crippen LogP contribution is 2.32. The first-order valence-corrected chi connectivity index (χ1v) is 8.24. The van der Waals surface area contributed by atoms with Gasteiger partial charge in [0.05, 0.1) is 36.4 Å². The molecule has 0 unspecified atom stereocenters. The number of hydrogen-bond acceptors (Lipinski definition) is 3. The molecule has 0 aliphatic heterocycles. The molecule has 1 N–H and O–H groups in total. The standard InChI is InChI=1S/C15H8Cl5NO3/c16-7-4-5-8(17)13(20)12(7)15(23)24-6-11(22)21-14-9(18)2-1-3-10(14)19/h1-5H,6H2,(H,21,22). The lowest BCUT2D eigenvalue weighted by Gasteiger charge is -2.11. The molecule has 2 aromatic rings. The maximum Gasteiger partial charge on any atom is 0.341 e. The van der Waals surface area contributed by atoms with Crippen LogP contribution >= 0.6 is 58.0 Å². The summed E-state index contributed by atoms with van der Waals surface area (Å²) in [6, 6.07) is 7.58. The van der Waals surface area contributed by atoms with Gasteiger partial charge in [0, 0.05) is 0 Å². The third-order valence-electron chi connectivity index (χ3n) is 2.81. The minimum Gasteiger partial charge on any atom is -0.452 e. The van der Waals surface area contributed by atoms with Gasteiger partial charge in [-0.2, -0.15) is 0 Å². The van der Waals surface area contributed by atoms with Crippen LogP contribution in [0, 0.1) is 0 Å². The summed E-state index contributed by atoms with van der Waals surface area (Å²) < 4.78 is 4.89. The van der Waals surface area contributed by atoms with Gasteiger partial charge in [0.15, 0.2) is 6.61 Å². The van der Waals surface area contributed by atoms with E-state index >= 15 is 0 Å². The molecule has 2 aromatic carbocycles. The average Bonchev–Trinajstić information content (AvgIpc) is 2.53. The lowest BCUT2D eigenvalue weighted by Crippen LogP contribution is -2.21. The van der Waals surface area contributed by atoms with E-state index in [2.05, 4.69) is 5.32 Å². The molecule has 4 nitrogen and oxygen atoms in total. The number of nitrogens with one attached hydrogen (secondary N) is 1. The number of amides is 1. The monoisotopic (exact) mass is 425 g/mol. The number of ether oxygens (including phenoxy) is 1. The van der Waals surface area contributed by atoms with Crippen molar-refractivity contribution >= 4 is 75.6 Å². The Balaban J connectivity index is 2.05. The van der Waals surface area contributed by atoms with Gasteiger partial charge < -0.3 is 10.1 Å². The molecule has 0 aliphatic carbocycles. The van der Waals surface area contributed by atoms with Crippen LogP contribution in [0.3, 0.4) is 0 Å². The van der Waals surface area contributed by atoms with Crippen molar-refractivity contribution in [2.75, 3.05) is 11.9 Å². The highest BCUT2D eigenvalue weighted by atomic mass is 35.5. The van der Waals surface area contributed by atoms with Crippen LogP contribution in [0.4, 0.5) is 5.69 Å². The normalized spacial score (nSPS) is 10.4. The van der Waals surface area contributed by atoms with Crippen LogP contribution < -0.4 is 5.32 Å². The molecule has 0 aliphatic rings. The molecule has 0 heterocycles. The predicted molar refractivity (Wildman–Crippen MR) is 96.8 cm³/mol. The summed E-state index contributed by atoms with van der Waals surface area (Å²) in [4.78, 5) is 23.9. The Hall–Kier alpha value is -1.17. The highest BCUT2D eigenvalue weighted by molar-refractivity contribution is 6.46. The first-order valence-electron chi connectivity index (χ1n) is 6.35. The number of rotatable bonds is 4. The Morgan fingerprint density at radius 1 is 0.875 bits per heavy atom. The molecule has 0 saturated carbocycles. The zero-order chi connectivity index (χ0) is 17.9. The summed E-state index contributed by atoms with van der Waals surface area (Å²) >= 11 is 29.5. The summed E-state index contributed by atoms with van der Waals surface area (Å²) in [7, 11) is 0. The fourth-order valence-electron chi connectivity index (χ4n) is 1.71. The molecule has 0 fully saturated rings. The smallest absolute Gasteiger partial charge is 0.341 e. The maximum atomic E-state index is 12.0. The molecule has 1 amide bonds. The number of halogens is 5. The summed E-state index contributed by atoms with van der Waals surface area (Å²) in [6.45, 7) is -0.584. The van der Waals surface area contributed by atoms with Gasteiger partial charge in [0.1, 0.15) is 0 Å². The third-order valence-corrected chi connectivity index (χ3v) is 4.56. The first-order chi connectivity index (χ1) is 11.3. The van der Waals surface area contributed by atoms with E-state index in [4.69, 9.17) is 62.7 Å². The summed E-state index contributed by atoms with van der Waals surface area (Å²) in [5.41, 5.74) is 0.107. The van der Waals surface area contributed by atoms with Crippen LogP contribution in [0.25, 0.3) is 0 Å². The zero-order valence-electron chi connectivity index (χ0n) is 11.7. The molecule has 2 rings (SSSR count). The third kappa shape index (κ3) is 4.47. The molecule has 0 aromatic heterocycles. The molecule has 24 heavy (non-hydrogen) atoms. The maximum absolute atomic E-state index is 12.0. The molecule has 0 spiro atoms. The van der Waals surface area contributed by atoms with Crippen LogP contribution in [0.5, 0.6) is 0 Å². The van der Waals surface area contributed by atoms with Gasteiger partial charge in [-0.25, -0.2) is 4.79 Å². The van der Waals surface area contributed by atoms with Crippen molar-refractivity contribution in [3.63, 3.8) is 0 Å². The van der Waals surface area contributed by atoms with Gasteiger partial charge in [0.25, 0.3) is 5.91 Å². The van der Waals surface area contributed by atoms with Crippen LogP contribution in [0.15, 0.2) is 30.3 Å². The predicted octanol–water partition coefficient (Wildman–Crippen LogP) is 5.75. The van der Waals surface area contributed by atoms with E-state index in [9.17, 15) is 9.59 Å². The summed E-state index contributed by atoms with van der Waals surface area (Å²) in [5.74, 6) is -1.51. The van der Waals surface area contributed by atoms with Gasteiger partial charge in [-0.3, -0.25) is 4.79 Å². The number of carbonyl (C=O) groups is 2. The van der Waals surface area contributed by atoms with Crippen molar-refractivity contribution in [3.05, 3.63) is 61.0 Å². The first kappa shape index (κ1) is 19.2. The number of para-hydroxylation sites is 1. The second-order valence-corrected chi connectivity index (χ2v) is 6.45. The van der Waals surface area contributed by atoms with Crippen LogP contribution in [0.1, 0.15) is 10.4 Å². The van der Waals surface area contributed by atoms with E-state index in [0.29, 0.717) is 0 Å². The number of hydrogen-bond donors (Lipinski definition) is 1. The molecule has 0 saturated heterocycles. The molecule has 126 valence electrons. The minimum absolute atomic E-state index is 0.0521. The molecular formula is C15H8Cl5NO3. The molecule has 0 bridgehead atoms. The van der Waals surface area contributed by atoms with E-state index in [-0.39, 0.29) is 36.4 Å². The Bertz CT molecular complexity index is 790. The zero-order valence-corrected chi connectivity index (χ0v) is 15.5. The van der Waals surface area contributed by atoms with Crippen LogP contribution in [0.2, 0.25) is 25.1 Å². The second-order valence-electron chi connectivity index (χ2n) is 4.44. The van der Waals surface area contributed by atoms with Gasteiger partial charge in [-0.15, -0.1) is 0 Å². The van der Waals surface area contributed by atoms with Crippen molar-refractivity contribution in [2.45, 2.75) is 0 Å². The van der Waals surface area contributed by atoms with E-state index in [1.165, 1.54) is 12.1 Å². The molecule has 0 atom stereocenters. The van der Waals surface area contributed by atoms with Crippen molar-refractivity contribution in [2.24, 2.45) is 0 Å². The topological polar surface area (TPSA) is 55.4 Å². The van der Waals surface area contributed by atoms with Crippen LogP contribution in [-0.4, -0.2) is 18.5 Å². The average molecular weight is 427 g/mol. The minimum atomic E-state index is -0.882. The van der Waals surface area contributed by atoms with Gasteiger partial charge in [0.2, 0.25) is 0 Å². The van der Waals surface area contributed by atoms with Crippen molar-refractivity contribution < 1.29 is 14.3 Å². The Morgan fingerprint density at radius 3 is 2.08 bits per heavy atom. The number of benzene rings is 2. The van der Waals surface area contributed by atoms with Crippen LogP contribution in [-0.2, 0) is 9.53 Å². The van der Waals surface area contributed by atoms with E-state index < -0.39 is 18.5 Å². The summed E-state index contributed by atoms with van der Waals surface area (Å²) in [5, 5.41) is 3.11. The Morgan fingerprint density at radius 2 is 1.46 bits per heavy atom. The lowest BCUT2D eigenvalue weighted by molar-refractivity contribution is -0.119. The largest absolute Gasteiger partial charge is 0.452 e. The fourth-order valence-corrected chi connectivity index (χ4v) is 2.88. The number of esters is 1. The Kier molecular flexibility index (Phi) is 6.61. The van der Waals surface area contributed by atoms with E-state index in [0.717, 1.165) is 0 Å². The van der Waals surface area contributed by atoms with Crippen molar-refractivity contribution in [1.29, 1.82) is 0 Å². The Labute approximate surface area is 162 Å². The van der Waals surface area contributed by atoms with Crippen molar-refractivity contribution in [1.82, 2.24) is 0 Å². The number of anilines is 1. The number of carbonyl (C=O) groups excluding carboxylic acids is 2.